The van der Waals surface area contributed by atoms with Crippen molar-refractivity contribution in [2.45, 2.75) is 34.4 Å². The predicted octanol–water partition coefficient (Wildman–Crippen LogP) is 3.95. The summed E-state index contributed by atoms with van der Waals surface area (Å²) >= 11 is 5.41. The fourth-order valence-electron chi connectivity index (χ4n) is 3.73. The summed E-state index contributed by atoms with van der Waals surface area (Å²) in [6.45, 7) is 17.0. The lowest BCUT2D eigenvalue weighted by atomic mass is 10.2. The minimum Gasteiger partial charge on any atom is -0.409 e. The van der Waals surface area contributed by atoms with Crippen LogP contribution in [0.3, 0.4) is 0 Å². The van der Waals surface area contributed by atoms with E-state index in [4.69, 9.17) is 16.6 Å². The van der Waals surface area contributed by atoms with E-state index in [9.17, 15) is 0 Å². The molecule has 0 amide bonds. The van der Waals surface area contributed by atoms with Crippen LogP contribution in [0.25, 0.3) is 11.5 Å². The summed E-state index contributed by atoms with van der Waals surface area (Å²) in [6.07, 6.45) is 0. The maximum absolute atomic E-state index is 5.78. The van der Waals surface area contributed by atoms with Crippen LogP contribution in [0.5, 0.6) is 0 Å². The Morgan fingerprint density at radius 3 is 2.21 bits per heavy atom. The molecule has 6 nitrogen and oxygen atoms in total. The van der Waals surface area contributed by atoms with Gasteiger partial charge in [-0.1, -0.05) is 13.8 Å². The molecule has 1 aliphatic heterocycles. The molecule has 1 saturated heterocycles. The summed E-state index contributed by atoms with van der Waals surface area (Å²) in [5, 5.41) is 4.63. The third-order valence-electron chi connectivity index (χ3n) is 5.27. The average Bonchev–Trinajstić information content (AvgIpc) is 3.05. The van der Waals surface area contributed by atoms with Gasteiger partial charge in [0.2, 0.25) is 5.89 Å². The lowest BCUT2D eigenvalue weighted by Gasteiger charge is -2.35. The van der Waals surface area contributed by atoms with Crippen LogP contribution in [-0.4, -0.2) is 65.4 Å². The smallest absolute Gasteiger partial charge is 0.288 e. The molecule has 1 fully saturated rings. The van der Waals surface area contributed by atoms with Gasteiger partial charge in [-0.3, -0.25) is 4.90 Å². The van der Waals surface area contributed by atoms with E-state index in [1.165, 1.54) is 12.2 Å². The van der Waals surface area contributed by atoms with Gasteiger partial charge in [0.1, 0.15) is 0 Å². The van der Waals surface area contributed by atoms with Crippen molar-refractivity contribution in [3.05, 3.63) is 29.1 Å². The van der Waals surface area contributed by atoms with Crippen molar-refractivity contribution in [2.24, 2.45) is 5.92 Å². The SMILES string of the molecule is CCN(CC)c1ccc(-c2nn(CN3CCN(CC(C)C)CC3)c(=S)o2)cc1. The first-order valence-corrected chi connectivity index (χ1v) is 10.8. The summed E-state index contributed by atoms with van der Waals surface area (Å²) in [4.78, 5) is 7.68. The van der Waals surface area contributed by atoms with Gasteiger partial charge >= 0.3 is 0 Å². The molecule has 2 heterocycles. The Labute approximate surface area is 173 Å². The van der Waals surface area contributed by atoms with Gasteiger partial charge in [-0.05, 0) is 56.2 Å². The predicted molar refractivity (Wildman–Crippen MR) is 117 cm³/mol. The molecule has 7 heteroatoms. The van der Waals surface area contributed by atoms with Crippen LogP contribution >= 0.6 is 12.2 Å². The Morgan fingerprint density at radius 2 is 1.64 bits per heavy atom. The number of piperazine rings is 1. The number of anilines is 1. The largest absolute Gasteiger partial charge is 0.409 e. The van der Waals surface area contributed by atoms with Crippen LogP contribution in [-0.2, 0) is 6.67 Å². The maximum Gasteiger partial charge on any atom is 0.288 e. The van der Waals surface area contributed by atoms with Crippen LogP contribution in [0.2, 0.25) is 0 Å². The molecule has 0 aliphatic carbocycles. The van der Waals surface area contributed by atoms with E-state index in [1.807, 2.05) is 0 Å². The standard InChI is InChI=1S/C21H33N5OS/c1-5-25(6-2)19-9-7-18(8-10-19)20-22-26(21(28)27-20)16-24-13-11-23(12-14-24)15-17(3)4/h7-10,17H,5-6,11-16H2,1-4H3. The summed E-state index contributed by atoms with van der Waals surface area (Å²) in [5.41, 5.74) is 2.17. The van der Waals surface area contributed by atoms with E-state index in [2.05, 4.69) is 71.8 Å². The zero-order valence-corrected chi connectivity index (χ0v) is 18.4. The zero-order chi connectivity index (χ0) is 20.1. The molecule has 28 heavy (non-hydrogen) atoms. The molecule has 0 N–H and O–H groups in total. The molecule has 0 radical (unpaired) electrons. The van der Waals surface area contributed by atoms with E-state index < -0.39 is 0 Å². The fraction of sp³-hybridized carbons (Fsp3) is 0.619. The van der Waals surface area contributed by atoms with Crippen molar-refractivity contribution in [1.29, 1.82) is 0 Å². The molecular weight excluding hydrogens is 370 g/mol. The van der Waals surface area contributed by atoms with Gasteiger partial charge in [0.25, 0.3) is 4.84 Å². The highest BCUT2D eigenvalue weighted by molar-refractivity contribution is 7.71. The van der Waals surface area contributed by atoms with Crippen molar-refractivity contribution in [3.63, 3.8) is 0 Å². The Kier molecular flexibility index (Phi) is 7.26. The van der Waals surface area contributed by atoms with Gasteiger partial charge in [0.05, 0.1) is 6.67 Å². The number of rotatable bonds is 8. The van der Waals surface area contributed by atoms with Crippen molar-refractivity contribution >= 4 is 17.9 Å². The summed E-state index contributed by atoms with van der Waals surface area (Å²) < 4.78 is 7.59. The topological polar surface area (TPSA) is 40.7 Å². The van der Waals surface area contributed by atoms with Crippen LogP contribution in [0.4, 0.5) is 5.69 Å². The Morgan fingerprint density at radius 1 is 1.04 bits per heavy atom. The second kappa shape index (κ2) is 9.67. The van der Waals surface area contributed by atoms with Gasteiger partial charge in [-0.2, -0.15) is 0 Å². The summed E-state index contributed by atoms with van der Waals surface area (Å²) in [6, 6.07) is 8.36. The number of hydrogen-bond donors (Lipinski definition) is 0. The highest BCUT2D eigenvalue weighted by Crippen LogP contribution is 2.22. The van der Waals surface area contributed by atoms with Gasteiger partial charge < -0.3 is 14.2 Å². The van der Waals surface area contributed by atoms with Crippen LogP contribution < -0.4 is 4.90 Å². The van der Waals surface area contributed by atoms with Gasteiger partial charge in [-0.25, -0.2) is 4.68 Å². The Balaban J connectivity index is 1.63. The molecule has 2 aromatic rings. The van der Waals surface area contributed by atoms with Gasteiger partial charge in [-0.15, -0.1) is 5.10 Å². The third-order valence-corrected chi connectivity index (χ3v) is 5.57. The zero-order valence-electron chi connectivity index (χ0n) is 17.6. The molecule has 0 spiro atoms. The van der Waals surface area contributed by atoms with E-state index in [0.717, 1.165) is 44.8 Å². The average molecular weight is 404 g/mol. The van der Waals surface area contributed by atoms with E-state index in [1.54, 1.807) is 4.68 Å². The molecule has 3 rings (SSSR count). The van der Waals surface area contributed by atoms with Crippen LogP contribution in [0.1, 0.15) is 27.7 Å². The fourth-order valence-corrected chi connectivity index (χ4v) is 3.91. The first kappa shape index (κ1) is 21.0. The molecular formula is C21H33N5OS. The quantitative estimate of drug-likeness (QED) is 0.622. The molecule has 0 bridgehead atoms. The summed E-state index contributed by atoms with van der Waals surface area (Å²) in [5.74, 6) is 1.31. The first-order valence-electron chi connectivity index (χ1n) is 10.4. The molecule has 1 aromatic carbocycles. The molecule has 0 saturated carbocycles. The molecule has 1 aliphatic rings. The second-order valence-corrected chi connectivity index (χ2v) is 8.19. The first-order chi connectivity index (χ1) is 13.5. The molecule has 0 atom stereocenters. The lowest BCUT2D eigenvalue weighted by Crippen LogP contribution is -2.47. The van der Waals surface area contributed by atoms with Crippen LogP contribution in [0, 0.1) is 10.8 Å². The van der Waals surface area contributed by atoms with E-state index in [-0.39, 0.29) is 0 Å². The minimum atomic E-state index is 0.437. The van der Waals surface area contributed by atoms with Gasteiger partial charge in [0.15, 0.2) is 0 Å². The highest BCUT2D eigenvalue weighted by atomic mass is 32.1. The monoisotopic (exact) mass is 403 g/mol. The van der Waals surface area contributed by atoms with E-state index >= 15 is 0 Å². The maximum atomic E-state index is 5.78. The molecule has 154 valence electrons. The Hall–Kier alpha value is -1.70. The number of aromatic nitrogens is 2. The van der Waals surface area contributed by atoms with E-state index in [0.29, 0.717) is 23.3 Å². The normalized spacial score (nSPS) is 16.0. The molecule has 0 unspecified atom stereocenters. The lowest BCUT2D eigenvalue weighted by molar-refractivity contribution is 0.0944. The molecule has 1 aromatic heterocycles. The van der Waals surface area contributed by atoms with Crippen LogP contribution in [0.15, 0.2) is 28.7 Å². The van der Waals surface area contributed by atoms with Crippen molar-refractivity contribution < 1.29 is 4.42 Å². The van der Waals surface area contributed by atoms with Crippen molar-refractivity contribution in [3.8, 4) is 11.5 Å². The number of hydrogen-bond acceptors (Lipinski definition) is 6. The third kappa shape index (κ3) is 5.21. The van der Waals surface area contributed by atoms with Crippen molar-refractivity contribution in [1.82, 2.24) is 19.6 Å². The Bertz CT molecular complexity index is 786. The highest BCUT2D eigenvalue weighted by Gasteiger charge is 2.19. The van der Waals surface area contributed by atoms with Gasteiger partial charge in [0, 0.05) is 57.1 Å². The number of nitrogens with zero attached hydrogens (tertiary/aromatic N) is 5. The number of benzene rings is 1. The second-order valence-electron chi connectivity index (χ2n) is 7.85. The van der Waals surface area contributed by atoms with Crippen molar-refractivity contribution in [2.75, 3.05) is 50.7 Å². The minimum absolute atomic E-state index is 0.437. The summed E-state index contributed by atoms with van der Waals surface area (Å²) in [7, 11) is 0.